The summed E-state index contributed by atoms with van der Waals surface area (Å²) in [6.07, 6.45) is 3.49. The van der Waals surface area contributed by atoms with Gasteiger partial charge in [-0.25, -0.2) is 4.68 Å². The summed E-state index contributed by atoms with van der Waals surface area (Å²) in [5.74, 6) is 1.14. The SMILES string of the molecule is COc1cc2c(cc1-c1ccn(C)n1)-c1c(c(C(=O)N3CCCC3(C)CO)nn1-c1ccsc1)CO2. The van der Waals surface area contributed by atoms with E-state index in [0.717, 1.165) is 46.6 Å². The molecule has 9 nitrogen and oxygen atoms in total. The van der Waals surface area contributed by atoms with Gasteiger partial charge in [-0.2, -0.15) is 21.5 Å². The lowest BCUT2D eigenvalue weighted by Crippen LogP contribution is -2.48. The van der Waals surface area contributed by atoms with Crippen LogP contribution in [-0.4, -0.2) is 61.3 Å². The standard InChI is InChI=1S/C26H27N5O4S/c1-26(15-32)7-4-8-30(26)25(33)23-19-13-35-22-12-21(34-3)17(20-5-9-29(2)27-20)11-18(22)24(19)31(28-23)16-6-10-36-14-16/h5-6,9-12,14,32H,4,7-8,13,15H2,1-3H3. The molecular weight excluding hydrogens is 478 g/mol. The largest absolute Gasteiger partial charge is 0.496 e. The van der Waals surface area contributed by atoms with Crippen LogP contribution in [0.2, 0.25) is 0 Å². The Bertz CT molecular complexity index is 1460. The molecular formula is C26H27N5O4S. The lowest BCUT2D eigenvalue weighted by molar-refractivity contribution is 0.0464. The minimum absolute atomic E-state index is 0.0846. The Balaban J connectivity index is 1.55. The molecule has 1 saturated heterocycles. The van der Waals surface area contributed by atoms with Gasteiger partial charge in [0.05, 0.1) is 36.3 Å². The lowest BCUT2D eigenvalue weighted by Gasteiger charge is -2.33. The first-order valence-corrected chi connectivity index (χ1v) is 12.8. The van der Waals surface area contributed by atoms with Crippen molar-refractivity contribution in [2.45, 2.75) is 31.9 Å². The fraction of sp³-hybridized carbons (Fsp3) is 0.346. The van der Waals surface area contributed by atoms with Crippen LogP contribution in [0.4, 0.5) is 0 Å². The monoisotopic (exact) mass is 505 g/mol. The maximum absolute atomic E-state index is 13.8. The fourth-order valence-electron chi connectivity index (χ4n) is 5.21. The smallest absolute Gasteiger partial charge is 0.275 e. The van der Waals surface area contributed by atoms with E-state index in [0.29, 0.717) is 23.7 Å². The highest BCUT2D eigenvalue weighted by Gasteiger charge is 2.42. The summed E-state index contributed by atoms with van der Waals surface area (Å²) in [4.78, 5) is 15.6. The van der Waals surface area contributed by atoms with Gasteiger partial charge in [-0.05, 0) is 43.3 Å². The number of benzene rings is 1. The van der Waals surface area contributed by atoms with E-state index in [1.807, 2.05) is 59.9 Å². The molecule has 1 amide bonds. The number of nitrogens with zero attached hydrogens (tertiary/aromatic N) is 5. The molecule has 6 rings (SSSR count). The first-order valence-electron chi connectivity index (χ1n) is 11.9. The lowest BCUT2D eigenvalue weighted by atomic mass is 9.97. The summed E-state index contributed by atoms with van der Waals surface area (Å²) in [6, 6.07) is 7.79. The fourth-order valence-corrected chi connectivity index (χ4v) is 5.82. The van der Waals surface area contributed by atoms with Crippen molar-refractivity contribution in [3.05, 3.63) is 52.5 Å². The number of likely N-dealkylation sites (tertiary alicyclic amines) is 1. The zero-order valence-electron chi connectivity index (χ0n) is 20.4. The quantitative estimate of drug-likeness (QED) is 0.442. The number of hydrogen-bond acceptors (Lipinski definition) is 7. The van der Waals surface area contributed by atoms with Crippen molar-refractivity contribution in [1.29, 1.82) is 0 Å². The van der Waals surface area contributed by atoms with Crippen LogP contribution >= 0.6 is 11.3 Å². The molecule has 1 N–H and O–H groups in total. The Morgan fingerprint density at radius 1 is 1.28 bits per heavy atom. The predicted molar refractivity (Wildman–Crippen MR) is 136 cm³/mol. The van der Waals surface area contributed by atoms with Crippen LogP contribution in [-0.2, 0) is 13.7 Å². The van der Waals surface area contributed by atoms with Gasteiger partial charge in [0.1, 0.15) is 18.1 Å². The second-order valence-electron chi connectivity index (χ2n) is 9.50. The molecule has 4 aromatic rings. The maximum Gasteiger partial charge on any atom is 0.275 e. The molecule has 0 aliphatic carbocycles. The highest BCUT2D eigenvalue weighted by molar-refractivity contribution is 7.08. The summed E-state index contributed by atoms with van der Waals surface area (Å²) >= 11 is 1.57. The highest BCUT2D eigenvalue weighted by Crippen LogP contribution is 2.46. The molecule has 2 aliphatic rings. The van der Waals surface area contributed by atoms with Gasteiger partial charge in [0, 0.05) is 47.9 Å². The topological polar surface area (TPSA) is 94.6 Å². The normalized spacial score (nSPS) is 18.6. The number of aliphatic hydroxyl groups is 1. The van der Waals surface area contributed by atoms with Gasteiger partial charge in [-0.3, -0.25) is 9.48 Å². The van der Waals surface area contributed by atoms with Gasteiger partial charge in [-0.1, -0.05) is 0 Å². The van der Waals surface area contributed by atoms with Gasteiger partial charge in [-0.15, -0.1) is 0 Å². The minimum atomic E-state index is -0.594. The first-order chi connectivity index (χ1) is 17.4. The first kappa shape index (κ1) is 22.8. The number of aliphatic hydroxyl groups excluding tert-OH is 1. The van der Waals surface area contributed by atoms with Crippen molar-refractivity contribution in [3.8, 4) is 39.7 Å². The average Bonchev–Trinajstić information content (AvgIpc) is 3.68. The number of amides is 1. The second kappa shape index (κ2) is 8.49. The van der Waals surface area contributed by atoms with E-state index < -0.39 is 5.54 Å². The molecule has 36 heavy (non-hydrogen) atoms. The second-order valence-corrected chi connectivity index (χ2v) is 10.3. The zero-order valence-corrected chi connectivity index (χ0v) is 21.2. The third-order valence-electron chi connectivity index (χ3n) is 7.19. The Labute approximate surface area is 212 Å². The molecule has 3 aromatic heterocycles. The van der Waals surface area contributed by atoms with Crippen LogP contribution in [0.5, 0.6) is 11.5 Å². The number of carbonyl (C=O) groups is 1. The number of rotatable bonds is 5. The molecule has 10 heteroatoms. The van der Waals surface area contributed by atoms with Crippen LogP contribution in [0.1, 0.15) is 35.8 Å². The van der Waals surface area contributed by atoms with Crippen LogP contribution in [0.3, 0.4) is 0 Å². The van der Waals surface area contributed by atoms with Gasteiger partial charge in [0.2, 0.25) is 0 Å². The number of thiophene rings is 1. The van der Waals surface area contributed by atoms with Gasteiger partial charge >= 0.3 is 0 Å². The van der Waals surface area contributed by atoms with Crippen LogP contribution in [0, 0.1) is 0 Å². The Hall–Kier alpha value is -3.63. The molecule has 186 valence electrons. The minimum Gasteiger partial charge on any atom is -0.496 e. The number of carbonyl (C=O) groups excluding carboxylic acids is 1. The Kier molecular flexibility index (Phi) is 5.38. The van der Waals surface area contributed by atoms with Gasteiger partial charge in [0.15, 0.2) is 5.69 Å². The van der Waals surface area contributed by atoms with Crippen molar-refractivity contribution in [3.63, 3.8) is 0 Å². The van der Waals surface area contributed by atoms with E-state index in [1.165, 1.54) is 0 Å². The van der Waals surface area contributed by atoms with E-state index in [-0.39, 0.29) is 19.1 Å². The molecule has 1 unspecified atom stereocenters. The molecule has 1 fully saturated rings. The number of aryl methyl sites for hydroxylation is 1. The van der Waals surface area contributed by atoms with Crippen molar-refractivity contribution >= 4 is 17.2 Å². The van der Waals surface area contributed by atoms with E-state index in [1.54, 1.807) is 28.0 Å². The number of ether oxygens (including phenoxy) is 2. The Morgan fingerprint density at radius 2 is 2.14 bits per heavy atom. The van der Waals surface area contributed by atoms with Crippen LogP contribution in [0.15, 0.2) is 41.2 Å². The summed E-state index contributed by atoms with van der Waals surface area (Å²) < 4.78 is 15.4. The highest BCUT2D eigenvalue weighted by atomic mass is 32.1. The molecule has 0 saturated carbocycles. The van der Waals surface area contributed by atoms with Crippen molar-refractivity contribution in [2.75, 3.05) is 20.3 Å². The number of aromatic nitrogens is 4. The summed E-state index contributed by atoms with van der Waals surface area (Å²) in [6.45, 7) is 2.65. The molecule has 0 bridgehead atoms. The third-order valence-corrected chi connectivity index (χ3v) is 7.86. The maximum atomic E-state index is 13.8. The van der Waals surface area contributed by atoms with Crippen LogP contribution < -0.4 is 9.47 Å². The molecule has 2 aliphatic heterocycles. The van der Waals surface area contributed by atoms with E-state index in [4.69, 9.17) is 14.6 Å². The van der Waals surface area contributed by atoms with E-state index in [9.17, 15) is 9.90 Å². The molecule has 1 aromatic carbocycles. The average molecular weight is 506 g/mol. The van der Waals surface area contributed by atoms with E-state index >= 15 is 0 Å². The molecule has 5 heterocycles. The van der Waals surface area contributed by atoms with Crippen LogP contribution in [0.25, 0.3) is 28.2 Å². The summed E-state index contributed by atoms with van der Waals surface area (Å²) in [7, 11) is 3.50. The van der Waals surface area contributed by atoms with Crippen molar-refractivity contribution in [1.82, 2.24) is 24.5 Å². The molecule has 0 radical (unpaired) electrons. The van der Waals surface area contributed by atoms with Crippen molar-refractivity contribution < 1.29 is 19.4 Å². The number of hydrogen-bond donors (Lipinski definition) is 1. The third kappa shape index (κ3) is 3.43. The predicted octanol–water partition coefficient (Wildman–Crippen LogP) is 3.89. The Morgan fingerprint density at radius 3 is 2.83 bits per heavy atom. The summed E-state index contributed by atoms with van der Waals surface area (Å²) in [5, 5.41) is 23.5. The van der Waals surface area contributed by atoms with E-state index in [2.05, 4.69) is 5.10 Å². The number of fused-ring (bicyclic) bond motifs is 3. The van der Waals surface area contributed by atoms with Gasteiger partial charge < -0.3 is 19.5 Å². The van der Waals surface area contributed by atoms with Crippen molar-refractivity contribution in [2.24, 2.45) is 7.05 Å². The number of methoxy groups -OCH3 is 1. The molecule has 1 atom stereocenters. The van der Waals surface area contributed by atoms with Gasteiger partial charge in [0.25, 0.3) is 5.91 Å². The summed E-state index contributed by atoms with van der Waals surface area (Å²) in [5.41, 5.74) is 4.63. The zero-order chi connectivity index (χ0) is 25.0. The molecule has 0 spiro atoms.